The highest BCUT2D eigenvalue weighted by Crippen LogP contribution is 2.24. The van der Waals surface area contributed by atoms with Gasteiger partial charge in [0.05, 0.1) is 6.61 Å². The summed E-state index contributed by atoms with van der Waals surface area (Å²) in [6, 6.07) is 0. The molecule has 0 bridgehead atoms. The maximum absolute atomic E-state index is 10.9. The summed E-state index contributed by atoms with van der Waals surface area (Å²) in [6.45, 7) is 2.36. The van der Waals surface area contributed by atoms with E-state index in [4.69, 9.17) is 25.8 Å². The molecule has 0 aromatic heterocycles. The van der Waals surface area contributed by atoms with Crippen LogP contribution < -0.4 is 0 Å². The van der Waals surface area contributed by atoms with Crippen molar-refractivity contribution < 1.29 is 28.9 Å². The lowest BCUT2D eigenvalue weighted by molar-refractivity contribution is -0.214. The van der Waals surface area contributed by atoms with Crippen molar-refractivity contribution in [2.45, 2.75) is 37.7 Å². The quantitative estimate of drug-likeness (QED) is 0.542. The number of halogens is 1. The highest BCUT2D eigenvalue weighted by molar-refractivity contribution is 6.21. The van der Waals surface area contributed by atoms with Crippen molar-refractivity contribution in [2.75, 3.05) is 6.61 Å². The Kier molecular flexibility index (Phi) is 4.52. The molecule has 1 N–H and O–H groups in total. The van der Waals surface area contributed by atoms with Gasteiger partial charge in [-0.1, -0.05) is 0 Å². The molecule has 6 nitrogen and oxygen atoms in total. The molecule has 16 heavy (non-hydrogen) atoms. The molecule has 1 saturated heterocycles. The van der Waals surface area contributed by atoms with Crippen molar-refractivity contribution in [2.24, 2.45) is 0 Å². The predicted molar refractivity (Wildman–Crippen MR) is 52.7 cm³/mol. The van der Waals surface area contributed by atoms with E-state index >= 15 is 0 Å². The summed E-state index contributed by atoms with van der Waals surface area (Å²) >= 11 is 5.81. The topological polar surface area (TPSA) is 82.1 Å². The van der Waals surface area contributed by atoms with Crippen LogP contribution >= 0.6 is 11.6 Å². The van der Waals surface area contributed by atoms with Crippen LogP contribution in [0.4, 0.5) is 0 Å². The van der Waals surface area contributed by atoms with Gasteiger partial charge in [0.15, 0.2) is 18.5 Å². The van der Waals surface area contributed by atoms with Gasteiger partial charge in [-0.15, -0.1) is 11.6 Å². The van der Waals surface area contributed by atoms with Crippen LogP contribution in [-0.2, 0) is 23.8 Å². The average Bonchev–Trinajstić information content (AvgIpc) is 2.16. The van der Waals surface area contributed by atoms with Gasteiger partial charge in [-0.25, -0.2) is 0 Å². The number of esters is 2. The number of alkyl halides is 1. The Morgan fingerprint density at radius 2 is 1.88 bits per heavy atom. The Bertz CT molecular complexity index is 281. The smallest absolute Gasteiger partial charge is 0.303 e. The molecule has 1 fully saturated rings. The third-order valence-corrected chi connectivity index (χ3v) is 2.47. The highest BCUT2D eigenvalue weighted by atomic mass is 35.5. The summed E-state index contributed by atoms with van der Waals surface area (Å²) in [6.07, 6.45) is -2.96. The first-order valence-corrected chi connectivity index (χ1v) is 5.13. The van der Waals surface area contributed by atoms with Gasteiger partial charge in [0.1, 0.15) is 5.38 Å². The fourth-order valence-electron chi connectivity index (χ4n) is 1.39. The zero-order chi connectivity index (χ0) is 12.3. The SMILES string of the molecule is CC(=O)O[C@H]1COC(O)C(Cl)[C@H]1OC(C)=O. The Morgan fingerprint density at radius 1 is 1.31 bits per heavy atom. The summed E-state index contributed by atoms with van der Waals surface area (Å²) in [7, 11) is 0. The van der Waals surface area contributed by atoms with Gasteiger partial charge in [0.25, 0.3) is 0 Å². The van der Waals surface area contributed by atoms with E-state index < -0.39 is 35.8 Å². The number of hydrogen-bond acceptors (Lipinski definition) is 6. The lowest BCUT2D eigenvalue weighted by Crippen LogP contribution is -2.53. The molecular weight excluding hydrogens is 240 g/mol. The fraction of sp³-hybridized carbons (Fsp3) is 0.778. The second-order valence-corrected chi connectivity index (χ2v) is 3.89. The van der Waals surface area contributed by atoms with E-state index in [0.717, 1.165) is 0 Å². The van der Waals surface area contributed by atoms with E-state index in [9.17, 15) is 14.7 Å². The van der Waals surface area contributed by atoms with Crippen LogP contribution in [-0.4, -0.2) is 47.5 Å². The molecule has 1 aliphatic rings. The van der Waals surface area contributed by atoms with Crippen molar-refractivity contribution in [3.8, 4) is 0 Å². The van der Waals surface area contributed by atoms with E-state index in [1.807, 2.05) is 0 Å². The zero-order valence-electron chi connectivity index (χ0n) is 8.88. The number of rotatable bonds is 2. The number of ether oxygens (including phenoxy) is 3. The Hall–Kier alpha value is -0.850. The maximum Gasteiger partial charge on any atom is 0.303 e. The minimum Gasteiger partial charge on any atom is -0.457 e. The molecule has 7 heteroatoms. The van der Waals surface area contributed by atoms with E-state index in [1.165, 1.54) is 13.8 Å². The fourth-order valence-corrected chi connectivity index (χ4v) is 1.68. The zero-order valence-corrected chi connectivity index (χ0v) is 9.64. The second-order valence-electron chi connectivity index (χ2n) is 3.39. The first-order valence-electron chi connectivity index (χ1n) is 4.70. The summed E-state index contributed by atoms with van der Waals surface area (Å²) in [4.78, 5) is 21.7. The van der Waals surface area contributed by atoms with Gasteiger partial charge >= 0.3 is 11.9 Å². The Balaban J connectivity index is 2.72. The molecular formula is C9H13ClO6. The van der Waals surface area contributed by atoms with Crippen LogP contribution in [0.1, 0.15) is 13.8 Å². The number of aliphatic hydroxyl groups excluding tert-OH is 1. The number of aliphatic hydroxyl groups is 1. The highest BCUT2D eigenvalue weighted by Gasteiger charge is 2.42. The van der Waals surface area contributed by atoms with Gasteiger partial charge in [-0.2, -0.15) is 0 Å². The lowest BCUT2D eigenvalue weighted by atomic mass is 10.1. The molecule has 0 aliphatic carbocycles. The number of carbonyl (C=O) groups is 2. The summed E-state index contributed by atoms with van der Waals surface area (Å²) in [5, 5.41) is 8.36. The minimum absolute atomic E-state index is 0.0675. The molecule has 4 atom stereocenters. The van der Waals surface area contributed by atoms with Crippen LogP contribution in [0.5, 0.6) is 0 Å². The van der Waals surface area contributed by atoms with Crippen LogP contribution in [0.15, 0.2) is 0 Å². The van der Waals surface area contributed by atoms with Crippen molar-refractivity contribution in [3.63, 3.8) is 0 Å². The molecule has 1 heterocycles. The van der Waals surface area contributed by atoms with Crippen molar-refractivity contribution in [3.05, 3.63) is 0 Å². The average molecular weight is 253 g/mol. The molecule has 2 unspecified atom stereocenters. The van der Waals surface area contributed by atoms with Crippen LogP contribution in [0.25, 0.3) is 0 Å². The molecule has 0 aromatic carbocycles. The van der Waals surface area contributed by atoms with Crippen LogP contribution in [0.2, 0.25) is 0 Å². The van der Waals surface area contributed by atoms with E-state index in [2.05, 4.69) is 0 Å². The first kappa shape index (κ1) is 13.2. The van der Waals surface area contributed by atoms with Crippen molar-refractivity contribution in [1.29, 1.82) is 0 Å². The predicted octanol–water partition coefficient (Wildman–Crippen LogP) is -0.194. The maximum atomic E-state index is 10.9. The van der Waals surface area contributed by atoms with E-state index in [1.54, 1.807) is 0 Å². The van der Waals surface area contributed by atoms with E-state index in [0.29, 0.717) is 0 Å². The molecule has 92 valence electrons. The molecule has 0 aromatic rings. The standard InChI is InChI=1S/C9H13ClO6/c1-4(11)15-6-3-14-9(13)7(10)8(6)16-5(2)12/h6-9,13H,3H2,1-2H3/t6-,7?,8-,9?/m0/s1. The molecule has 1 rings (SSSR count). The Labute approximate surface area is 97.4 Å². The van der Waals surface area contributed by atoms with Gasteiger partial charge < -0.3 is 19.3 Å². The molecule has 1 aliphatic heterocycles. The number of hydrogen-bond donors (Lipinski definition) is 1. The van der Waals surface area contributed by atoms with E-state index in [-0.39, 0.29) is 6.61 Å². The second kappa shape index (κ2) is 5.47. The third kappa shape index (κ3) is 3.33. The molecule has 0 spiro atoms. The van der Waals surface area contributed by atoms with Gasteiger partial charge in [0, 0.05) is 13.8 Å². The van der Waals surface area contributed by atoms with Crippen molar-refractivity contribution in [1.82, 2.24) is 0 Å². The summed E-state index contributed by atoms with van der Waals surface area (Å²) < 4.78 is 14.7. The van der Waals surface area contributed by atoms with Gasteiger partial charge in [-0.05, 0) is 0 Å². The summed E-state index contributed by atoms with van der Waals surface area (Å²) in [5.74, 6) is -1.10. The normalized spacial score (nSPS) is 34.2. The van der Waals surface area contributed by atoms with Crippen molar-refractivity contribution >= 4 is 23.5 Å². The van der Waals surface area contributed by atoms with Gasteiger partial charge in [0.2, 0.25) is 0 Å². The number of carbonyl (C=O) groups excluding carboxylic acids is 2. The largest absolute Gasteiger partial charge is 0.457 e. The monoisotopic (exact) mass is 252 g/mol. The molecule has 0 amide bonds. The molecule has 0 radical (unpaired) electrons. The minimum atomic E-state index is -1.25. The van der Waals surface area contributed by atoms with Gasteiger partial charge in [-0.3, -0.25) is 9.59 Å². The lowest BCUT2D eigenvalue weighted by Gasteiger charge is -2.36. The third-order valence-electron chi connectivity index (χ3n) is 2.00. The summed E-state index contributed by atoms with van der Waals surface area (Å²) in [5.41, 5.74) is 0. The first-order chi connectivity index (χ1) is 7.41. The molecule has 0 saturated carbocycles. The van der Waals surface area contributed by atoms with Crippen LogP contribution in [0, 0.1) is 0 Å². The Morgan fingerprint density at radius 3 is 2.38 bits per heavy atom. The van der Waals surface area contributed by atoms with Crippen LogP contribution in [0.3, 0.4) is 0 Å².